The molecule has 0 amide bonds. The molecule has 4 bridgehead atoms. The molecule has 5 aliphatic rings. The summed E-state index contributed by atoms with van der Waals surface area (Å²) in [5.74, 6) is 2.67. The molecule has 5 saturated carbocycles. The zero-order chi connectivity index (χ0) is 36.6. The molecule has 2 unspecified atom stereocenters. The number of benzene rings is 2. The van der Waals surface area contributed by atoms with E-state index in [0.717, 1.165) is 61.8 Å². The number of rotatable bonds is 14. The smallest absolute Gasteiger partial charge is 0.416 e. The third-order valence-electron chi connectivity index (χ3n) is 11.8. The molecule has 9 nitrogen and oxygen atoms in total. The molecule has 1 heterocycles. The zero-order valence-corrected chi connectivity index (χ0v) is 30.6. The molecule has 0 radical (unpaired) electrons. The maximum Gasteiger partial charge on any atom is 0.416 e. The number of hydrogen-bond acceptors (Lipinski definition) is 9. The van der Waals surface area contributed by atoms with Crippen LogP contribution < -0.4 is 24.8 Å². The first-order valence-corrected chi connectivity index (χ1v) is 18.9. The van der Waals surface area contributed by atoms with Gasteiger partial charge in [0.25, 0.3) is 0 Å². The molecule has 52 heavy (non-hydrogen) atoms. The maximum atomic E-state index is 13.5. The Morgan fingerprint density at radius 1 is 1.02 bits per heavy atom. The molecule has 0 spiro atoms. The number of aryl methyl sites for hydroxylation is 1. The number of anilines is 1. The second kappa shape index (κ2) is 15.2. The average Bonchev–Trinajstić information content (AvgIpc) is 3.10. The molecule has 2 aromatic carbocycles. The van der Waals surface area contributed by atoms with Gasteiger partial charge in [-0.2, -0.15) is 13.2 Å². The van der Waals surface area contributed by atoms with E-state index in [1.165, 1.54) is 58.5 Å². The SMILES string of the molecule is COc1cc(C)c2c(Oc3cccc(C(F)(F)F)c3)c(OC)cc(NC(C)CCCNC3CCC[C@@](O)(OOC4C5CC6CC(C5)CC4C6)C3)c2n1. The lowest BCUT2D eigenvalue weighted by Gasteiger charge is -2.53. The molecule has 3 aromatic rings. The summed E-state index contributed by atoms with van der Waals surface area (Å²) in [5.41, 5.74) is 1.21. The first-order valence-electron chi connectivity index (χ1n) is 18.9. The Bertz CT molecular complexity index is 1690. The second-order valence-electron chi connectivity index (χ2n) is 15.7. The Balaban J connectivity index is 0.961. The van der Waals surface area contributed by atoms with E-state index in [9.17, 15) is 18.3 Å². The summed E-state index contributed by atoms with van der Waals surface area (Å²) in [6.45, 7) is 4.74. The molecule has 12 heteroatoms. The van der Waals surface area contributed by atoms with E-state index in [2.05, 4.69) is 17.6 Å². The fourth-order valence-corrected chi connectivity index (χ4v) is 9.53. The number of fused-ring (bicyclic) bond motifs is 1. The van der Waals surface area contributed by atoms with Gasteiger partial charge in [-0.25, -0.2) is 14.8 Å². The number of pyridine rings is 1. The number of aromatic nitrogens is 1. The number of hydrogen-bond donors (Lipinski definition) is 3. The second-order valence-corrected chi connectivity index (χ2v) is 15.7. The fraction of sp³-hybridized carbons (Fsp3) is 0.625. The van der Waals surface area contributed by atoms with Crippen molar-refractivity contribution in [2.24, 2.45) is 23.7 Å². The van der Waals surface area contributed by atoms with Gasteiger partial charge in [0.1, 0.15) is 11.3 Å². The van der Waals surface area contributed by atoms with Crippen LogP contribution in [-0.2, 0) is 16.0 Å². The van der Waals surface area contributed by atoms with Crippen LogP contribution in [0.3, 0.4) is 0 Å². The number of aliphatic hydroxyl groups is 1. The highest BCUT2D eigenvalue weighted by molar-refractivity contribution is 6.00. The van der Waals surface area contributed by atoms with Crippen LogP contribution in [0.25, 0.3) is 10.9 Å². The van der Waals surface area contributed by atoms with Gasteiger partial charge in [-0.05, 0) is 126 Å². The molecule has 1 aromatic heterocycles. The van der Waals surface area contributed by atoms with Crippen LogP contribution in [0.1, 0.15) is 88.7 Å². The zero-order valence-electron chi connectivity index (χ0n) is 30.6. The summed E-state index contributed by atoms with van der Waals surface area (Å²) >= 11 is 0. The van der Waals surface area contributed by atoms with Crippen LogP contribution in [-0.4, -0.2) is 54.8 Å². The Morgan fingerprint density at radius 2 is 1.77 bits per heavy atom. The average molecular weight is 728 g/mol. The molecule has 284 valence electrons. The van der Waals surface area contributed by atoms with Crippen molar-refractivity contribution in [3.05, 3.63) is 47.5 Å². The minimum absolute atomic E-state index is 0.0319. The summed E-state index contributed by atoms with van der Waals surface area (Å²) in [6, 6.07) is 8.47. The summed E-state index contributed by atoms with van der Waals surface area (Å²) in [4.78, 5) is 16.7. The van der Waals surface area contributed by atoms with E-state index in [1.54, 1.807) is 12.1 Å². The molecule has 8 rings (SSSR count). The lowest BCUT2D eigenvalue weighted by atomic mass is 9.55. The molecule has 5 fully saturated rings. The molecular weight excluding hydrogens is 675 g/mol. The van der Waals surface area contributed by atoms with Gasteiger partial charge in [-0.1, -0.05) is 6.07 Å². The predicted octanol–water partition coefficient (Wildman–Crippen LogP) is 8.95. The van der Waals surface area contributed by atoms with Crippen molar-refractivity contribution in [2.75, 3.05) is 26.1 Å². The van der Waals surface area contributed by atoms with Crippen LogP contribution in [0.2, 0.25) is 0 Å². The number of nitrogens with zero attached hydrogens (tertiary/aromatic N) is 1. The number of halogens is 3. The van der Waals surface area contributed by atoms with E-state index in [0.29, 0.717) is 52.9 Å². The molecule has 0 saturated heterocycles. The monoisotopic (exact) mass is 727 g/mol. The summed E-state index contributed by atoms with van der Waals surface area (Å²) < 4.78 is 57.7. The third kappa shape index (κ3) is 8.10. The lowest BCUT2D eigenvalue weighted by molar-refractivity contribution is -0.459. The third-order valence-corrected chi connectivity index (χ3v) is 11.8. The maximum absolute atomic E-state index is 13.5. The number of alkyl halides is 3. The molecule has 3 atom stereocenters. The van der Waals surface area contributed by atoms with Crippen LogP contribution in [0, 0.1) is 30.6 Å². The van der Waals surface area contributed by atoms with E-state index < -0.39 is 17.5 Å². The van der Waals surface area contributed by atoms with E-state index in [4.69, 9.17) is 29.0 Å². The molecule has 3 N–H and O–H groups in total. The van der Waals surface area contributed by atoms with E-state index >= 15 is 0 Å². The summed E-state index contributed by atoms with van der Waals surface area (Å²) in [5, 5.41) is 19.2. The standard InChI is InChI=1S/C40H52F3N3O6/c1-23-14-34(49-4)46-36-32(21-33(48-3)38(35(23)36)50-31-11-5-9-29(20-31)40(41,42)43)45-24(2)8-7-13-44-30-10-6-12-39(47,22-30)52-51-37-27-16-25-15-26(18-27)19-28(37)17-25/h5,9,11,14,20-21,24-28,30,37,44-45,47H,6-8,10,12-13,15-19,22H2,1-4H3/t24?,25?,26?,27?,28?,30?,37?,39-/m1/s1. The Kier molecular flexibility index (Phi) is 10.8. The van der Waals surface area contributed by atoms with Gasteiger partial charge >= 0.3 is 6.18 Å². The highest BCUT2D eigenvalue weighted by Crippen LogP contribution is 2.55. The molecule has 0 aliphatic heterocycles. The summed E-state index contributed by atoms with van der Waals surface area (Å²) in [7, 11) is 3.03. The minimum Gasteiger partial charge on any atom is -0.493 e. The minimum atomic E-state index is -4.51. The topological polar surface area (TPSA) is 103 Å². The van der Waals surface area contributed by atoms with Gasteiger partial charge in [-0.15, -0.1) is 0 Å². The van der Waals surface area contributed by atoms with Crippen LogP contribution in [0.4, 0.5) is 18.9 Å². The highest BCUT2D eigenvalue weighted by Gasteiger charge is 2.50. The molecular formula is C40H52F3N3O6. The fourth-order valence-electron chi connectivity index (χ4n) is 9.53. The molecule has 5 aliphatic carbocycles. The highest BCUT2D eigenvalue weighted by atomic mass is 19.4. The number of methoxy groups -OCH3 is 2. The van der Waals surface area contributed by atoms with Gasteiger partial charge < -0.3 is 30.0 Å². The largest absolute Gasteiger partial charge is 0.493 e. The van der Waals surface area contributed by atoms with Gasteiger partial charge in [0.05, 0.1) is 37.0 Å². The quantitative estimate of drug-likeness (QED) is 0.0650. The van der Waals surface area contributed by atoms with Gasteiger partial charge in [0.15, 0.2) is 11.5 Å². The number of nitrogens with one attached hydrogen (secondary N) is 2. The van der Waals surface area contributed by atoms with E-state index in [-0.39, 0.29) is 29.7 Å². The van der Waals surface area contributed by atoms with Crippen molar-refractivity contribution in [1.82, 2.24) is 10.3 Å². The predicted molar refractivity (Wildman–Crippen MR) is 192 cm³/mol. The van der Waals surface area contributed by atoms with Crippen molar-refractivity contribution in [3.63, 3.8) is 0 Å². The van der Waals surface area contributed by atoms with E-state index in [1.807, 2.05) is 6.92 Å². The van der Waals surface area contributed by atoms with Gasteiger partial charge in [-0.3, -0.25) is 0 Å². The van der Waals surface area contributed by atoms with Crippen LogP contribution in [0.5, 0.6) is 23.1 Å². The Morgan fingerprint density at radius 3 is 2.46 bits per heavy atom. The van der Waals surface area contributed by atoms with Crippen LogP contribution >= 0.6 is 0 Å². The first kappa shape index (κ1) is 37.0. The van der Waals surface area contributed by atoms with Crippen molar-refractivity contribution < 1.29 is 42.3 Å². The van der Waals surface area contributed by atoms with Crippen molar-refractivity contribution in [3.8, 4) is 23.1 Å². The van der Waals surface area contributed by atoms with Crippen molar-refractivity contribution in [2.45, 2.75) is 115 Å². The van der Waals surface area contributed by atoms with Crippen LogP contribution in [0.15, 0.2) is 36.4 Å². The van der Waals surface area contributed by atoms with Crippen molar-refractivity contribution >= 4 is 16.6 Å². The van der Waals surface area contributed by atoms with Crippen molar-refractivity contribution in [1.29, 1.82) is 0 Å². The van der Waals surface area contributed by atoms with Gasteiger partial charge in [0.2, 0.25) is 11.7 Å². The normalized spacial score (nSPS) is 28.9. The Labute approximate surface area is 303 Å². The lowest BCUT2D eigenvalue weighted by Crippen LogP contribution is -2.51. The Hall–Kier alpha value is -3.32. The summed E-state index contributed by atoms with van der Waals surface area (Å²) in [6.07, 6.45) is 6.64. The number of ether oxygens (including phenoxy) is 3. The first-order chi connectivity index (χ1) is 24.9. The van der Waals surface area contributed by atoms with Gasteiger partial charge in [0, 0.05) is 37.1 Å².